The lowest BCUT2D eigenvalue weighted by Gasteiger charge is -2.18. The van der Waals surface area contributed by atoms with Crippen LogP contribution in [0.5, 0.6) is 0 Å². The second kappa shape index (κ2) is 9.97. The number of likely N-dealkylation sites (tertiary alicyclic amines) is 1. The first-order chi connectivity index (χ1) is 16.8. The van der Waals surface area contributed by atoms with Gasteiger partial charge in [-0.1, -0.05) is 12.7 Å². The van der Waals surface area contributed by atoms with E-state index in [0.717, 1.165) is 41.1 Å². The number of carbonyl (C=O) groups is 1. The molecule has 1 fully saturated rings. The number of nitrogens with one attached hydrogen (secondary N) is 1. The van der Waals surface area contributed by atoms with E-state index >= 15 is 0 Å². The number of aryl methyl sites for hydroxylation is 1. The highest BCUT2D eigenvalue weighted by Crippen LogP contribution is 2.30. The maximum Gasteiger partial charge on any atom is 0.225 e. The van der Waals surface area contributed by atoms with Crippen molar-refractivity contribution < 1.29 is 4.79 Å². The molecular formula is C26H30N8O. The van der Waals surface area contributed by atoms with Gasteiger partial charge >= 0.3 is 0 Å². The van der Waals surface area contributed by atoms with Crippen molar-refractivity contribution >= 4 is 22.8 Å². The summed E-state index contributed by atoms with van der Waals surface area (Å²) >= 11 is 0. The summed E-state index contributed by atoms with van der Waals surface area (Å²) in [6.07, 6.45) is 11.5. The van der Waals surface area contributed by atoms with Crippen molar-refractivity contribution in [1.82, 2.24) is 29.6 Å². The van der Waals surface area contributed by atoms with Crippen molar-refractivity contribution in [3.63, 3.8) is 0 Å². The first-order valence-corrected chi connectivity index (χ1v) is 11.6. The van der Waals surface area contributed by atoms with Gasteiger partial charge in [-0.05, 0) is 33.3 Å². The van der Waals surface area contributed by atoms with E-state index in [1.165, 1.54) is 0 Å². The van der Waals surface area contributed by atoms with Crippen molar-refractivity contribution in [2.45, 2.75) is 33.2 Å². The number of aromatic nitrogens is 4. The van der Waals surface area contributed by atoms with Crippen molar-refractivity contribution in [3.05, 3.63) is 60.8 Å². The Kier molecular flexibility index (Phi) is 6.82. The van der Waals surface area contributed by atoms with E-state index in [-0.39, 0.29) is 17.9 Å². The fourth-order valence-electron chi connectivity index (χ4n) is 4.30. The molecule has 180 valence electrons. The van der Waals surface area contributed by atoms with Crippen LogP contribution in [0.25, 0.3) is 22.2 Å². The molecule has 0 radical (unpaired) electrons. The Morgan fingerprint density at radius 1 is 1.31 bits per heavy atom. The quantitative estimate of drug-likeness (QED) is 0.338. The molecule has 1 aliphatic rings. The summed E-state index contributed by atoms with van der Waals surface area (Å²) in [6, 6.07) is 4.37. The smallest absolute Gasteiger partial charge is 0.225 e. The van der Waals surface area contributed by atoms with Crippen molar-refractivity contribution in [2.24, 2.45) is 18.0 Å². The van der Waals surface area contributed by atoms with Crippen LogP contribution in [0.15, 0.2) is 54.7 Å². The predicted molar refractivity (Wildman–Crippen MR) is 136 cm³/mol. The lowest BCUT2D eigenvalue weighted by Crippen LogP contribution is -2.37. The summed E-state index contributed by atoms with van der Waals surface area (Å²) in [6.45, 7) is 11.3. The fourth-order valence-corrected chi connectivity index (χ4v) is 4.30. The maximum absolute atomic E-state index is 12.4. The Labute approximate surface area is 205 Å². The van der Waals surface area contributed by atoms with Crippen molar-refractivity contribution in [2.75, 3.05) is 13.1 Å². The average molecular weight is 471 g/mol. The third kappa shape index (κ3) is 5.01. The van der Waals surface area contributed by atoms with Gasteiger partial charge in [-0.25, -0.2) is 9.51 Å². The van der Waals surface area contributed by atoms with Crippen molar-refractivity contribution in [1.29, 1.82) is 5.26 Å². The van der Waals surface area contributed by atoms with E-state index in [1.54, 1.807) is 33.9 Å². The molecule has 9 nitrogen and oxygen atoms in total. The molecule has 0 saturated carbocycles. The summed E-state index contributed by atoms with van der Waals surface area (Å²) in [5.41, 5.74) is 4.61. The molecule has 9 heteroatoms. The van der Waals surface area contributed by atoms with Crippen LogP contribution in [-0.4, -0.2) is 55.2 Å². The van der Waals surface area contributed by atoms with Gasteiger partial charge in [-0.2, -0.15) is 15.5 Å². The molecule has 0 aliphatic carbocycles. The zero-order valence-electron chi connectivity index (χ0n) is 20.6. The molecule has 35 heavy (non-hydrogen) atoms. The van der Waals surface area contributed by atoms with Gasteiger partial charge in [-0.15, -0.1) is 0 Å². The molecule has 1 amide bonds. The van der Waals surface area contributed by atoms with Gasteiger partial charge in [0.15, 0.2) is 0 Å². The van der Waals surface area contributed by atoms with E-state index in [4.69, 9.17) is 4.99 Å². The number of aliphatic imine (C=N–C) groups is 1. The Morgan fingerprint density at radius 2 is 2.11 bits per heavy atom. The minimum atomic E-state index is -0.0360. The molecular weight excluding hydrogens is 440 g/mol. The number of carbonyl (C=O) groups excluding carboxylic acids is 1. The second-order valence-corrected chi connectivity index (χ2v) is 9.07. The summed E-state index contributed by atoms with van der Waals surface area (Å²) in [5, 5.41) is 21.3. The Bertz CT molecular complexity index is 1370. The first-order valence-electron chi connectivity index (χ1n) is 11.6. The Hall–Kier alpha value is -4.19. The van der Waals surface area contributed by atoms with Gasteiger partial charge in [-0.3, -0.25) is 9.48 Å². The number of hydrogen-bond acceptors (Lipinski definition) is 5. The topological polar surface area (TPSA) is 104 Å². The number of amidine groups is 1. The number of amides is 1. The van der Waals surface area contributed by atoms with Crippen LogP contribution in [0, 0.1) is 17.2 Å². The highest BCUT2D eigenvalue weighted by Gasteiger charge is 2.29. The van der Waals surface area contributed by atoms with E-state index in [9.17, 15) is 10.1 Å². The fraction of sp³-hybridized carbons (Fsp3) is 0.346. The molecule has 0 spiro atoms. The van der Waals surface area contributed by atoms with E-state index in [0.29, 0.717) is 17.6 Å². The van der Waals surface area contributed by atoms with E-state index < -0.39 is 0 Å². The van der Waals surface area contributed by atoms with Crippen molar-refractivity contribution in [3.8, 4) is 17.2 Å². The lowest BCUT2D eigenvalue weighted by atomic mass is 10.0. The van der Waals surface area contributed by atoms with Crippen LogP contribution in [0.2, 0.25) is 0 Å². The van der Waals surface area contributed by atoms with Crippen LogP contribution in [0.3, 0.4) is 0 Å². The number of pyridine rings is 1. The van der Waals surface area contributed by atoms with E-state index in [2.05, 4.69) is 33.1 Å². The zero-order valence-corrected chi connectivity index (χ0v) is 20.6. The van der Waals surface area contributed by atoms with Gasteiger partial charge in [0.05, 0.1) is 29.4 Å². The number of fused-ring (bicyclic) bond motifs is 1. The van der Waals surface area contributed by atoms with Gasteiger partial charge in [0, 0.05) is 67.0 Å². The monoisotopic (exact) mass is 470 g/mol. The molecule has 4 heterocycles. The molecule has 0 bridgehead atoms. The maximum atomic E-state index is 12.4. The molecule has 1 saturated heterocycles. The molecule has 0 aromatic carbocycles. The largest absolute Gasteiger partial charge is 0.359 e. The summed E-state index contributed by atoms with van der Waals surface area (Å²) in [7, 11) is 1.87. The third-order valence-corrected chi connectivity index (χ3v) is 6.14. The molecule has 1 aliphatic heterocycles. The minimum Gasteiger partial charge on any atom is -0.359 e. The highest BCUT2D eigenvalue weighted by atomic mass is 16.2. The van der Waals surface area contributed by atoms with Gasteiger partial charge in [0.25, 0.3) is 0 Å². The van der Waals surface area contributed by atoms with Gasteiger partial charge in [0.1, 0.15) is 11.9 Å². The number of allylic oxidation sites excluding steroid dienone is 2. The molecule has 4 rings (SSSR count). The summed E-state index contributed by atoms with van der Waals surface area (Å²) in [5.74, 6) is 0.890. The normalized spacial score (nSPS) is 16.7. The summed E-state index contributed by atoms with van der Waals surface area (Å²) in [4.78, 5) is 19.2. The number of rotatable bonds is 6. The van der Waals surface area contributed by atoms with Crippen LogP contribution in [0.4, 0.5) is 0 Å². The Balaban J connectivity index is 1.67. The first kappa shape index (κ1) is 24.0. The zero-order chi connectivity index (χ0) is 25.1. The molecule has 3 aromatic rings. The minimum absolute atomic E-state index is 0.0360. The van der Waals surface area contributed by atoms with Crippen LogP contribution in [-0.2, 0) is 11.8 Å². The van der Waals surface area contributed by atoms with Crippen LogP contribution < -0.4 is 5.32 Å². The highest BCUT2D eigenvalue weighted by molar-refractivity contribution is 5.90. The molecule has 1 atom stereocenters. The van der Waals surface area contributed by atoms with Crippen LogP contribution >= 0.6 is 0 Å². The third-order valence-electron chi connectivity index (χ3n) is 6.14. The second-order valence-electron chi connectivity index (χ2n) is 9.07. The Morgan fingerprint density at radius 3 is 2.77 bits per heavy atom. The van der Waals surface area contributed by atoms with E-state index in [1.807, 2.05) is 46.3 Å². The lowest BCUT2D eigenvalue weighted by molar-refractivity contribution is -0.125. The standard InChI is InChI=1S/C26H30N8O/c1-6-19(11-28-18(4)33-8-7-20(15-33)26(35)31-17(2)3)24-9-21(23-13-29-32(5)14-23)16-34-25(24)22(10-27)12-30-34/h6,9,11-14,16-17,20H,1,7-8,15H2,2-5H3,(H,31,35)/b19-11+,28-18?/t20-/m0/s1. The average Bonchev–Trinajstić information content (AvgIpc) is 3.58. The predicted octanol–water partition coefficient (Wildman–Crippen LogP) is 3.40. The number of nitrogens with zero attached hydrogens (tertiary/aromatic N) is 7. The van der Waals surface area contributed by atoms with Gasteiger partial charge in [0.2, 0.25) is 5.91 Å². The molecule has 1 N–H and O–H groups in total. The van der Waals surface area contributed by atoms with Crippen LogP contribution in [0.1, 0.15) is 38.3 Å². The SMILES string of the molecule is C=C/C(=C\N=C(C)N1CC[C@H](C(=O)NC(C)C)C1)c1cc(-c2cnn(C)c2)cn2ncc(C#N)c12. The summed E-state index contributed by atoms with van der Waals surface area (Å²) < 4.78 is 3.45. The molecule has 0 unspecified atom stereocenters. The number of hydrogen-bond donors (Lipinski definition) is 1. The van der Waals surface area contributed by atoms with Gasteiger partial charge < -0.3 is 10.2 Å². The molecule has 3 aromatic heterocycles. The number of nitriles is 1.